The number of pyridine rings is 2. The third kappa shape index (κ3) is 14.9. The van der Waals surface area contributed by atoms with E-state index in [-0.39, 0.29) is 90.2 Å². The molecule has 0 saturated carbocycles. The minimum Gasteiger partial charge on any atom is -0.328 e. The zero-order chi connectivity index (χ0) is 64.4. The SMILES string of the molecule is CC(C)(C)[C@H](c1nc(-c2cc(F)ccc2F)nn1Cc1ccccc1)N(CC[C@@H](CF)N1C(=O)c2ccccc2C1=O)C(=O)c1cccnc1.CC(C)(C)[C@H](c1nc(-c2cc(F)ccc2F)nn1Cc1ccccc1)N(CC[C@H](N)CF)C(=O)c1cccnc1. The fourth-order valence-electron chi connectivity index (χ4n) is 10.9. The van der Waals surface area contributed by atoms with Crippen molar-refractivity contribution in [3.8, 4) is 22.8 Å². The highest BCUT2D eigenvalue weighted by Crippen LogP contribution is 2.42. The molecule has 9 aromatic rings. The summed E-state index contributed by atoms with van der Waals surface area (Å²) in [7, 11) is 0. The first kappa shape index (κ1) is 64.8. The van der Waals surface area contributed by atoms with Crippen molar-refractivity contribution in [3.05, 3.63) is 239 Å². The first-order valence-electron chi connectivity index (χ1n) is 29.2. The van der Waals surface area contributed by atoms with Crippen molar-refractivity contribution in [3.63, 3.8) is 0 Å². The van der Waals surface area contributed by atoms with Gasteiger partial charge in [0, 0.05) is 43.9 Å². The number of fused-ring (bicyclic) bond motifs is 1. The molecule has 0 unspecified atom stereocenters. The van der Waals surface area contributed by atoms with Crippen LogP contribution in [0.15, 0.2) is 170 Å². The van der Waals surface area contributed by atoms with Gasteiger partial charge >= 0.3 is 0 Å². The molecule has 16 nitrogen and oxygen atoms in total. The minimum atomic E-state index is -1.17. The molecule has 4 atom stereocenters. The Hall–Kier alpha value is -9.70. The van der Waals surface area contributed by atoms with Gasteiger partial charge in [0.2, 0.25) is 0 Å². The Kier molecular flexibility index (Phi) is 20.3. The Bertz CT molecular complexity index is 3920. The van der Waals surface area contributed by atoms with E-state index in [4.69, 9.17) is 15.7 Å². The summed E-state index contributed by atoms with van der Waals surface area (Å²) in [6, 6.07) is 34.3. The van der Waals surface area contributed by atoms with Crippen molar-refractivity contribution in [2.24, 2.45) is 16.6 Å². The molecule has 0 saturated heterocycles. The van der Waals surface area contributed by atoms with Crippen LogP contribution in [0.25, 0.3) is 22.8 Å². The Morgan fingerprint density at radius 3 is 1.31 bits per heavy atom. The number of carbonyl (C=O) groups excluding carboxylic acids is 4. The second kappa shape index (κ2) is 28.2. The molecule has 90 heavy (non-hydrogen) atoms. The summed E-state index contributed by atoms with van der Waals surface area (Å²) in [5.74, 6) is -4.15. The number of hydrogen-bond acceptors (Lipinski definition) is 11. The Balaban J connectivity index is 0.000000219. The molecule has 466 valence electrons. The van der Waals surface area contributed by atoms with E-state index in [0.717, 1.165) is 52.4 Å². The van der Waals surface area contributed by atoms with Gasteiger partial charge in [0.1, 0.15) is 36.6 Å². The molecule has 0 fully saturated rings. The van der Waals surface area contributed by atoms with Gasteiger partial charge in [-0.1, -0.05) is 114 Å². The maximum atomic E-state index is 15.1. The lowest BCUT2D eigenvalue weighted by Crippen LogP contribution is -2.47. The molecule has 22 heteroatoms. The highest BCUT2D eigenvalue weighted by atomic mass is 19.1. The smallest absolute Gasteiger partial charge is 0.261 e. The van der Waals surface area contributed by atoms with Crippen LogP contribution in [0.2, 0.25) is 0 Å². The Labute approximate surface area is 517 Å². The molecule has 0 radical (unpaired) electrons. The summed E-state index contributed by atoms with van der Waals surface area (Å²) in [6.07, 6.45) is 6.07. The van der Waals surface area contributed by atoms with Gasteiger partial charge in [-0.25, -0.2) is 45.7 Å². The molecule has 5 heterocycles. The van der Waals surface area contributed by atoms with Crippen LogP contribution in [0.4, 0.5) is 26.3 Å². The number of benzene rings is 5. The van der Waals surface area contributed by atoms with Crippen molar-refractivity contribution in [2.45, 2.75) is 91.6 Å². The molecular weight excluding hydrogens is 1160 g/mol. The fraction of sp³-hybridized carbons (Fsp3) is 0.294. The normalized spacial score (nSPS) is 13.7. The van der Waals surface area contributed by atoms with E-state index in [0.29, 0.717) is 11.4 Å². The van der Waals surface area contributed by atoms with Gasteiger partial charge < -0.3 is 15.5 Å². The van der Waals surface area contributed by atoms with E-state index in [9.17, 15) is 41.1 Å². The number of alkyl halides is 2. The van der Waals surface area contributed by atoms with Gasteiger partial charge in [0.05, 0.1) is 64.6 Å². The molecule has 0 bridgehead atoms. The largest absolute Gasteiger partial charge is 0.328 e. The first-order valence-corrected chi connectivity index (χ1v) is 29.2. The molecule has 5 aromatic carbocycles. The topological polar surface area (TPSA) is 191 Å². The number of imide groups is 1. The van der Waals surface area contributed by atoms with E-state index >= 15 is 4.39 Å². The van der Waals surface area contributed by atoms with E-state index in [1.807, 2.05) is 102 Å². The number of aromatic nitrogens is 8. The fourth-order valence-corrected chi connectivity index (χ4v) is 10.9. The van der Waals surface area contributed by atoms with Crippen LogP contribution >= 0.6 is 0 Å². The van der Waals surface area contributed by atoms with E-state index in [1.165, 1.54) is 35.6 Å². The van der Waals surface area contributed by atoms with Crippen molar-refractivity contribution in [2.75, 3.05) is 26.4 Å². The number of amides is 4. The standard InChI is InChI=1S/C38H35F3N6O3.C30H33F3N6O/c1-38(2,3)32(34-43-33(30-20-26(40)15-16-31(30)41)44-46(34)23-24-10-5-4-6-11-24)45(35(48)25-12-9-18-42-22-25)19-17-27(21-39)47-36(49)28-13-7-8-14-29(28)37(47)50;1-30(2,3)26(38(15-13-23(34)17-31)29(40)21-10-7-14-35-18-21)28-36-27(24-16-22(32)11-12-25(24)33)37-39(28)19-20-8-5-4-6-9-20/h4-16,18,20,22,27,32H,17,19,21,23H2,1-3H3;4-12,14,16,18,23,26H,13,15,17,19,34H2,1-3H3/t27-,32-;23-,26-/m00/s1. The minimum absolute atomic E-state index is 0.00795. The Morgan fingerprint density at radius 1 is 0.522 bits per heavy atom. The summed E-state index contributed by atoms with van der Waals surface area (Å²) < 4.78 is 89.8. The third-order valence-electron chi connectivity index (χ3n) is 15.2. The van der Waals surface area contributed by atoms with Gasteiger partial charge in [-0.05, 0) is 108 Å². The average molecular weight is 1230 g/mol. The molecule has 0 aliphatic carbocycles. The molecule has 2 N–H and O–H groups in total. The molecule has 10 rings (SSSR count). The van der Waals surface area contributed by atoms with Crippen LogP contribution in [-0.2, 0) is 13.1 Å². The van der Waals surface area contributed by atoms with Crippen LogP contribution in [-0.4, -0.2) is 116 Å². The monoisotopic (exact) mass is 1230 g/mol. The molecule has 1 aliphatic rings. The molecule has 4 amide bonds. The van der Waals surface area contributed by atoms with Crippen molar-refractivity contribution in [1.82, 2.24) is 54.2 Å². The van der Waals surface area contributed by atoms with E-state index < -0.39 is 89.3 Å². The average Bonchev–Trinajstić information content (AvgIpc) is 1.61. The quantitative estimate of drug-likeness (QED) is 0.0532. The maximum Gasteiger partial charge on any atom is 0.261 e. The number of nitrogens with zero attached hydrogens (tertiary/aromatic N) is 11. The molecule has 0 spiro atoms. The van der Waals surface area contributed by atoms with Crippen LogP contribution < -0.4 is 5.73 Å². The van der Waals surface area contributed by atoms with Crippen molar-refractivity contribution >= 4 is 23.6 Å². The second-order valence-corrected chi connectivity index (χ2v) is 24.0. The predicted octanol–water partition coefficient (Wildman–Crippen LogP) is 12.5. The lowest BCUT2D eigenvalue weighted by molar-refractivity contribution is 0.0405. The highest BCUT2D eigenvalue weighted by molar-refractivity contribution is 6.21. The van der Waals surface area contributed by atoms with E-state index in [2.05, 4.69) is 20.2 Å². The summed E-state index contributed by atoms with van der Waals surface area (Å²) >= 11 is 0. The van der Waals surface area contributed by atoms with Crippen LogP contribution in [0.3, 0.4) is 0 Å². The number of hydrogen-bond donors (Lipinski definition) is 1. The first-order chi connectivity index (χ1) is 43.1. The highest BCUT2D eigenvalue weighted by Gasteiger charge is 2.44. The zero-order valence-electron chi connectivity index (χ0n) is 50.5. The predicted molar refractivity (Wildman–Crippen MR) is 327 cm³/mol. The molecular formula is C68H68F6N12O4. The molecule has 4 aromatic heterocycles. The summed E-state index contributed by atoms with van der Waals surface area (Å²) in [6.45, 7) is 10.2. The van der Waals surface area contributed by atoms with E-state index in [1.54, 1.807) is 56.9 Å². The Morgan fingerprint density at radius 2 is 0.933 bits per heavy atom. The van der Waals surface area contributed by atoms with Crippen molar-refractivity contribution in [1.29, 1.82) is 0 Å². The number of carbonyl (C=O) groups is 4. The number of nitrogens with two attached hydrogens (primary N) is 1. The van der Waals surface area contributed by atoms with Crippen LogP contribution in [0, 0.1) is 34.1 Å². The lowest BCUT2D eigenvalue weighted by Gasteiger charge is -2.40. The maximum absolute atomic E-state index is 15.1. The summed E-state index contributed by atoms with van der Waals surface area (Å²) in [4.78, 5) is 76.7. The van der Waals surface area contributed by atoms with Gasteiger partial charge in [-0.3, -0.25) is 34.0 Å². The number of halogens is 6. The second-order valence-electron chi connectivity index (χ2n) is 24.0. The van der Waals surface area contributed by atoms with Gasteiger partial charge in [-0.15, -0.1) is 0 Å². The van der Waals surface area contributed by atoms with Gasteiger partial charge in [-0.2, -0.15) is 10.2 Å². The zero-order valence-corrected chi connectivity index (χ0v) is 50.5. The van der Waals surface area contributed by atoms with Gasteiger partial charge in [0.15, 0.2) is 23.3 Å². The third-order valence-corrected chi connectivity index (χ3v) is 15.2. The molecule has 1 aliphatic heterocycles. The summed E-state index contributed by atoms with van der Waals surface area (Å²) in [5.41, 5.74) is 7.00. The van der Waals surface area contributed by atoms with Crippen LogP contribution in [0.1, 0.15) is 131 Å². The summed E-state index contributed by atoms with van der Waals surface area (Å²) in [5, 5.41) is 9.24. The van der Waals surface area contributed by atoms with Crippen LogP contribution in [0.5, 0.6) is 0 Å². The lowest BCUT2D eigenvalue weighted by atomic mass is 9.84. The number of rotatable bonds is 21. The van der Waals surface area contributed by atoms with Crippen molar-refractivity contribution < 1.29 is 45.5 Å². The van der Waals surface area contributed by atoms with Gasteiger partial charge in [0.25, 0.3) is 23.6 Å².